The molecular weight excluding hydrogens is 262 g/mol. The maximum absolute atomic E-state index is 5.79. The van der Waals surface area contributed by atoms with Crippen molar-refractivity contribution in [3.05, 3.63) is 30.3 Å². The van der Waals surface area contributed by atoms with E-state index in [4.69, 9.17) is 4.74 Å². The number of anilines is 1. The molecule has 0 amide bonds. The monoisotopic (exact) mass is 291 g/mol. The maximum atomic E-state index is 5.79. The standard InChI is InChI=1S/C17H29N3O/c1-3-20-12-13-21-17(15-20)14-18-10-7-11-19(2)16-8-5-4-6-9-16/h4-6,8-9,17-18H,3,7,10-15H2,1-2H3. The van der Waals surface area contributed by atoms with E-state index in [9.17, 15) is 0 Å². The molecule has 0 aromatic heterocycles. The van der Waals surface area contributed by atoms with E-state index in [1.165, 1.54) is 5.69 Å². The fraction of sp³-hybridized carbons (Fsp3) is 0.647. The van der Waals surface area contributed by atoms with Crippen LogP contribution < -0.4 is 10.2 Å². The van der Waals surface area contributed by atoms with Gasteiger partial charge in [-0.3, -0.25) is 4.90 Å². The Morgan fingerprint density at radius 2 is 2.14 bits per heavy atom. The van der Waals surface area contributed by atoms with Crippen molar-refractivity contribution in [1.29, 1.82) is 0 Å². The zero-order chi connectivity index (χ0) is 14.9. The molecule has 0 bridgehead atoms. The van der Waals surface area contributed by atoms with Crippen LogP contribution in [-0.4, -0.2) is 63.9 Å². The summed E-state index contributed by atoms with van der Waals surface area (Å²) in [5.41, 5.74) is 1.28. The van der Waals surface area contributed by atoms with Gasteiger partial charge in [0.15, 0.2) is 0 Å². The maximum Gasteiger partial charge on any atom is 0.0826 e. The molecule has 4 nitrogen and oxygen atoms in total. The number of ether oxygens (including phenoxy) is 1. The molecule has 1 aromatic rings. The van der Waals surface area contributed by atoms with Crippen molar-refractivity contribution < 1.29 is 4.74 Å². The smallest absolute Gasteiger partial charge is 0.0826 e. The van der Waals surface area contributed by atoms with Crippen LogP contribution in [0.25, 0.3) is 0 Å². The van der Waals surface area contributed by atoms with Gasteiger partial charge in [0.2, 0.25) is 0 Å². The molecular formula is C17H29N3O. The zero-order valence-electron chi connectivity index (χ0n) is 13.4. The van der Waals surface area contributed by atoms with Gasteiger partial charge in [0.1, 0.15) is 0 Å². The Hall–Kier alpha value is -1.10. The molecule has 0 aliphatic carbocycles. The molecule has 2 rings (SSSR count). The Morgan fingerprint density at radius 1 is 1.33 bits per heavy atom. The fourth-order valence-corrected chi connectivity index (χ4v) is 2.71. The number of likely N-dealkylation sites (N-methyl/N-ethyl adjacent to an activating group) is 1. The number of hydrogen-bond donors (Lipinski definition) is 1. The van der Waals surface area contributed by atoms with Crippen molar-refractivity contribution >= 4 is 5.69 Å². The Morgan fingerprint density at radius 3 is 2.90 bits per heavy atom. The molecule has 1 saturated heterocycles. The molecule has 1 aliphatic heterocycles. The third kappa shape index (κ3) is 5.65. The third-order valence-corrected chi connectivity index (χ3v) is 4.09. The van der Waals surface area contributed by atoms with E-state index in [-0.39, 0.29) is 0 Å². The van der Waals surface area contributed by atoms with Crippen LogP contribution >= 0.6 is 0 Å². The highest BCUT2D eigenvalue weighted by molar-refractivity contribution is 5.44. The quantitative estimate of drug-likeness (QED) is 0.740. The second kappa shape index (κ2) is 9.03. The lowest BCUT2D eigenvalue weighted by Crippen LogP contribution is -2.46. The SMILES string of the molecule is CCN1CCOC(CNCCCN(C)c2ccccc2)C1. The highest BCUT2D eigenvalue weighted by atomic mass is 16.5. The Labute approximate surface area is 129 Å². The van der Waals surface area contributed by atoms with Crippen LogP contribution in [0.3, 0.4) is 0 Å². The van der Waals surface area contributed by atoms with Gasteiger partial charge in [-0.15, -0.1) is 0 Å². The molecule has 1 N–H and O–H groups in total. The first-order chi connectivity index (χ1) is 10.3. The molecule has 0 spiro atoms. The van der Waals surface area contributed by atoms with Crippen LogP contribution in [0.1, 0.15) is 13.3 Å². The van der Waals surface area contributed by atoms with Crippen molar-refractivity contribution in [3.63, 3.8) is 0 Å². The minimum atomic E-state index is 0.352. The van der Waals surface area contributed by atoms with Crippen molar-refractivity contribution in [1.82, 2.24) is 10.2 Å². The summed E-state index contributed by atoms with van der Waals surface area (Å²) in [5.74, 6) is 0. The first kappa shape index (κ1) is 16.3. The summed E-state index contributed by atoms with van der Waals surface area (Å²) in [6, 6.07) is 10.5. The Balaban J connectivity index is 1.56. The highest BCUT2D eigenvalue weighted by Crippen LogP contribution is 2.10. The number of nitrogens with one attached hydrogen (secondary N) is 1. The predicted octanol–water partition coefficient (Wildman–Crippen LogP) is 1.82. The van der Waals surface area contributed by atoms with E-state index in [0.717, 1.165) is 52.3 Å². The number of para-hydroxylation sites is 1. The molecule has 118 valence electrons. The van der Waals surface area contributed by atoms with Crippen LogP contribution in [0.4, 0.5) is 5.69 Å². The molecule has 21 heavy (non-hydrogen) atoms. The van der Waals surface area contributed by atoms with E-state index < -0.39 is 0 Å². The van der Waals surface area contributed by atoms with Gasteiger partial charge >= 0.3 is 0 Å². The van der Waals surface area contributed by atoms with Crippen LogP contribution in [0, 0.1) is 0 Å². The van der Waals surface area contributed by atoms with Crippen LogP contribution in [-0.2, 0) is 4.74 Å². The van der Waals surface area contributed by atoms with Gasteiger partial charge in [0.05, 0.1) is 12.7 Å². The number of hydrogen-bond acceptors (Lipinski definition) is 4. The number of rotatable bonds is 8. The van der Waals surface area contributed by atoms with E-state index >= 15 is 0 Å². The van der Waals surface area contributed by atoms with Crippen molar-refractivity contribution in [2.75, 3.05) is 57.8 Å². The van der Waals surface area contributed by atoms with E-state index in [0.29, 0.717) is 6.10 Å². The highest BCUT2D eigenvalue weighted by Gasteiger charge is 2.18. The topological polar surface area (TPSA) is 27.7 Å². The average Bonchev–Trinajstić information content (AvgIpc) is 2.55. The van der Waals surface area contributed by atoms with E-state index in [1.807, 2.05) is 0 Å². The second-order valence-corrected chi connectivity index (χ2v) is 5.70. The first-order valence-corrected chi connectivity index (χ1v) is 8.10. The third-order valence-electron chi connectivity index (χ3n) is 4.09. The number of benzene rings is 1. The van der Waals surface area contributed by atoms with Crippen molar-refractivity contribution in [2.45, 2.75) is 19.4 Å². The summed E-state index contributed by atoms with van der Waals surface area (Å²) in [6.07, 6.45) is 1.50. The van der Waals surface area contributed by atoms with Crippen LogP contribution in [0.5, 0.6) is 0 Å². The van der Waals surface area contributed by atoms with Gasteiger partial charge in [0, 0.05) is 38.9 Å². The van der Waals surface area contributed by atoms with Crippen LogP contribution in [0.15, 0.2) is 30.3 Å². The second-order valence-electron chi connectivity index (χ2n) is 5.70. The molecule has 1 fully saturated rings. The van der Waals surface area contributed by atoms with Gasteiger partial charge in [-0.25, -0.2) is 0 Å². The lowest BCUT2D eigenvalue weighted by Gasteiger charge is -2.32. The number of nitrogens with zero attached hydrogens (tertiary/aromatic N) is 2. The number of morpholine rings is 1. The Kier molecular flexibility index (Phi) is 7.00. The molecule has 0 radical (unpaired) electrons. The lowest BCUT2D eigenvalue weighted by atomic mass is 10.2. The van der Waals surface area contributed by atoms with E-state index in [2.05, 4.69) is 59.4 Å². The largest absolute Gasteiger partial charge is 0.375 e. The average molecular weight is 291 g/mol. The summed E-state index contributed by atoms with van der Waals surface area (Å²) in [5, 5.41) is 3.53. The lowest BCUT2D eigenvalue weighted by molar-refractivity contribution is -0.0251. The summed E-state index contributed by atoms with van der Waals surface area (Å²) in [7, 11) is 2.15. The molecule has 1 unspecified atom stereocenters. The van der Waals surface area contributed by atoms with Gasteiger partial charge in [-0.05, 0) is 31.6 Å². The first-order valence-electron chi connectivity index (χ1n) is 8.10. The van der Waals surface area contributed by atoms with Crippen LogP contribution in [0.2, 0.25) is 0 Å². The van der Waals surface area contributed by atoms with Gasteiger partial charge in [-0.2, -0.15) is 0 Å². The zero-order valence-corrected chi connectivity index (χ0v) is 13.4. The van der Waals surface area contributed by atoms with Gasteiger partial charge in [0.25, 0.3) is 0 Å². The molecule has 1 heterocycles. The minimum Gasteiger partial charge on any atom is -0.375 e. The normalized spacial score (nSPS) is 19.6. The molecule has 1 atom stereocenters. The molecule has 1 aliphatic rings. The Bertz CT molecular complexity index is 385. The summed E-state index contributed by atoms with van der Waals surface area (Å²) in [4.78, 5) is 4.76. The molecule has 4 heteroatoms. The minimum absolute atomic E-state index is 0.352. The summed E-state index contributed by atoms with van der Waals surface area (Å²) in [6.45, 7) is 9.44. The summed E-state index contributed by atoms with van der Waals surface area (Å²) < 4.78 is 5.79. The van der Waals surface area contributed by atoms with Gasteiger partial charge < -0.3 is 15.0 Å². The molecule has 0 saturated carbocycles. The summed E-state index contributed by atoms with van der Waals surface area (Å²) >= 11 is 0. The van der Waals surface area contributed by atoms with Crippen molar-refractivity contribution in [3.8, 4) is 0 Å². The molecule has 1 aromatic carbocycles. The van der Waals surface area contributed by atoms with Crippen molar-refractivity contribution in [2.24, 2.45) is 0 Å². The predicted molar refractivity (Wildman–Crippen MR) is 89.1 cm³/mol. The van der Waals surface area contributed by atoms with Gasteiger partial charge in [-0.1, -0.05) is 25.1 Å². The fourth-order valence-electron chi connectivity index (χ4n) is 2.71. The van der Waals surface area contributed by atoms with E-state index in [1.54, 1.807) is 0 Å².